The summed E-state index contributed by atoms with van der Waals surface area (Å²) in [6, 6.07) is 18.4. The molecule has 0 saturated heterocycles. The minimum absolute atomic E-state index is 0.793. The number of hydrogen-bond donors (Lipinski definition) is 1. The van der Waals surface area contributed by atoms with E-state index in [-0.39, 0.29) is 0 Å². The molecule has 3 rings (SSSR count). The molecule has 0 aliphatic rings. The van der Waals surface area contributed by atoms with Crippen molar-refractivity contribution in [2.75, 3.05) is 5.73 Å². The van der Waals surface area contributed by atoms with Crippen molar-refractivity contribution < 1.29 is 0 Å². The van der Waals surface area contributed by atoms with Gasteiger partial charge >= 0.3 is 0 Å². The molecule has 0 aliphatic carbocycles. The summed E-state index contributed by atoms with van der Waals surface area (Å²) < 4.78 is 2.00. The topological polar surface area (TPSA) is 30.4 Å². The number of rotatable bonds is 1. The highest BCUT2D eigenvalue weighted by Gasteiger charge is 2.07. The Morgan fingerprint density at radius 3 is 2.38 bits per heavy atom. The van der Waals surface area contributed by atoms with Crippen LogP contribution in [-0.4, -0.2) is 4.40 Å². The molecule has 0 amide bonds. The molecule has 0 fully saturated rings. The van der Waals surface area contributed by atoms with Gasteiger partial charge < -0.3 is 10.1 Å². The monoisotopic (exact) mass is 208 g/mol. The lowest BCUT2D eigenvalue weighted by atomic mass is 10.1. The lowest BCUT2D eigenvalue weighted by Crippen LogP contribution is -1.93. The molecule has 0 spiro atoms. The predicted molar refractivity (Wildman–Crippen MR) is 67.2 cm³/mol. The Kier molecular flexibility index (Phi) is 1.93. The molecular weight excluding hydrogens is 196 g/mol. The van der Waals surface area contributed by atoms with Crippen LogP contribution >= 0.6 is 0 Å². The minimum Gasteiger partial charge on any atom is -0.384 e. The molecule has 78 valence electrons. The fraction of sp³-hybridized carbons (Fsp3) is 0. The Bertz CT molecular complexity index is 624. The first-order valence-electron chi connectivity index (χ1n) is 5.27. The first-order valence-corrected chi connectivity index (χ1v) is 5.27. The molecule has 1 aromatic carbocycles. The average Bonchev–Trinajstić information content (AvgIpc) is 2.69. The van der Waals surface area contributed by atoms with Crippen LogP contribution in [0.15, 0.2) is 60.8 Å². The van der Waals surface area contributed by atoms with E-state index in [1.807, 2.05) is 40.9 Å². The van der Waals surface area contributed by atoms with Crippen LogP contribution in [0, 0.1) is 0 Å². The smallest absolute Gasteiger partial charge is 0.115 e. The molecule has 2 heteroatoms. The molecule has 0 radical (unpaired) electrons. The van der Waals surface area contributed by atoms with Crippen molar-refractivity contribution in [1.29, 1.82) is 0 Å². The maximum Gasteiger partial charge on any atom is 0.115 e. The normalized spacial score (nSPS) is 10.8. The lowest BCUT2D eigenvalue weighted by Gasteiger charge is -2.00. The molecule has 2 nitrogen and oxygen atoms in total. The minimum atomic E-state index is 0.793. The molecule has 2 heterocycles. The zero-order chi connectivity index (χ0) is 11.0. The van der Waals surface area contributed by atoms with Crippen LogP contribution in [0.1, 0.15) is 0 Å². The van der Waals surface area contributed by atoms with Crippen molar-refractivity contribution in [2.45, 2.75) is 0 Å². The first-order chi connectivity index (χ1) is 7.86. The van der Waals surface area contributed by atoms with Crippen molar-refractivity contribution in [1.82, 2.24) is 4.40 Å². The Labute approximate surface area is 93.9 Å². The number of hydrogen-bond acceptors (Lipinski definition) is 1. The fourth-order valence-corrected chi connectivity index (χ4v) is 1.99. The maximum absolute atomic E-state index is 6.13. The summed E-state index contributed by atoms with van der Waals surface area (Å²) >= 11 is 0. The van der Waals surface area contributed by atoms with Gasteiger partial charge in [-0.05, 0) is 23.8 Å². The highest BCUT2D eigenvalue weighted by molar-refractivity contribution is 5.81. The van der Waals surface area contributed by atoms with Crippen molar-refractivity contribution in [3.63, 3.8) is 0 Å². The standard InChI is InChI=1S/C14H12N2/c15-14-13(11-6-2-1-3-7-11)10-12-8-4-5-9-16(12)14/h1-10H,15H2. The third kappa shape index (κ3) is 1.27. The van der Waals surface area contributed by atoms with Crippen molar-refractivity contribution in [3.05, 3.63) is 60.8 Å². The van der Waals surface area contributed by atoms with Gasteiger partial charge in [0, 0.05) is 17.3 Å². The molecule has 0 atom stereocenters. The quantitative estimate of drug-likeness (QED) is 0.654. The number of pyridine rings is 1. The predicted octanol–water partition coefficient (Wildman–Crippen LogP) is 3.19. The zero-order valence-electron chi connectivity index (χ0n) is 8.80. The molecule has 3 aromatic rings. The van der Waals surface area contributed by atoms with Gasteiger partial charge in [0.05, 0.1) is 0 Å². The number of fused-ring (bicyclic) bond motifs is 1. The van der Waals surface area contributed by atoms with E-state index in [1.165, 1.54) is 0 Å². The van der Waals surface area contributed by atoms with Gasteiger partial charge in [0.15, 0.2) is 0 Å². The van der Waals surface area contributed by atoms with Crippen LogP contribution < -0.4 is 5.73 Å². The van der Waals surface area contributed by atoms with E-state index >= 15 is 0 Å². The number of benzene rings is 1. The van der Waals surface area contributed by atoms with Crippen molar-refractivity contribution in [2.24, 2.45) is 0 Å². The average molecular weight is 208 g/mol. The van der Waals surface area contributed by atoms with E-state index in [4.69, 9.17) is 5.73 Å². The number of aromatic nitrogens is 1. The van der Waals surface area contributed by atoms with Crippen LogP contribution in [0.25, 0.3) is 16.6 Å². The van der Waals surface area contributed by atoms with Gasteiger partial charge in [0.1, 0.15) is 5.82 Å². The van der Waals surface area contributed by atoms with Crippen LogP contribution in [0.3, 0.4) is 0 Å². The van der Waals surface area contributed by atoms with E-state index < -0.39 is 0 Å². The summed E-state index contributed by atoms with van der Waals surface area (Å²) in [5, 5.41) is 0. The second-order valence-electron chi connectivity index (χ2n) is 3.80. The van der Waals surface area contributed by atoms with E-state index in [2.05, 4.69) is 24.3 Å². The zero-order valence-corrected chi connectivity index (χ0v) is 8.80. The Morgan fingerprint density at radius 2 is 1.62 bits per heavy atom. The van der Waals surface area contributed by atoms with Crippen molar-refractivity contribution >= 4 is 11.3 Å². The van der Waals surface area contributed by atoms with E-state index in [0.29, 0.717) is 0 Å². The lowest BCUT2D eigenvalue weighted by molar-refractivity contribution is 1.21. The second kappa shape index (κ2) is 3.42. The third-order valence-electron chi connectivity index (χ3n) is 2.80. The van der Waals surface area contributed by atoms with Gasteiger partial charge in [-0.1, -0.05) is 36.4 Å². The largest absolute Gasteiger partial charge is 0.384 e. The van der Waals surface area contributed by atoms with Crippen LogP contribution in [-0.2, 0) is 0 Å². The van der Waals surface area contributed by atoms with E-state index in [1.54, 1.807) is 0 Å². The maximum atomic E-state index is 6.13. The summed E-state index contributed by atoms with van der Waals surface area (Å²) in [7, 11) is 0. The summed E-state index contributed by atoms with van der Waals surface area (Å²) in [4.78, 5) is 0. The van der Waals surface area contributed by atoms with E-state index in [0.717, 1.165) is 22.5 Å². The van der Waals surface area contributed by atoms with Crippen LogP contribution in [0.4, 0.5) is 5.82 Å². The Morgan fingerprint density at radius 1 is 0.875 bits per heavy atom. The Balaban J connectivity index is 2.29. The van der Waals surface area contributed by atoms with Gasteiger partial charge in [0.2, 0.25) is 0 Å². The summed E-state index contributed by atoms with van der Waals surface area (Å²) in [6.45, 7) is 0. The van der Waals surface area contributed by atoms with Gasteiger partial charge in [-0.3, -0.25) is 0 Å². The highest BCUT2D eigenvalue weighted by atomic mass is 15.0. The number of nitrogens with two attached hydrogens (primary N) is 1. The van der Waals surface area contributed by atoms with Gasteiger partial charge in [0.25, 0.3) is 0 Å². The van der Waals surface area contributed by atoms with E-state index in [9.17, 15) is 0 Å². The summed E-state index contributed by atoms with van der Waals surface area (Å²) in [5.74, 6) is 0.793. The Hall–Kier alpha value is -2.22. The fourth-order valence-electron chi connectivity index (χ4n) is 1.99. The second-order valence-corrected chi connectivity index (χ2v) is 3.80. The molecule has 0 saturated carbocycles. The number of nitrogens with zero attached hydrogens (tertiary/aromatic N) is 1. The van der Waals surface area contributed by atoms with Crippen LogP contribution in [0.5, 0.6) is 0 Å². The molecule has 2 aromatic heterocycles. The first kappa shape index (κ1) is 9.04. The summed E-state index contributed by atoms with van der Waals surface area (Å²) in [6.07, 6.45) is 1.98. The summed E-state index contributed by atoms with van der Waals surface area (Å²) in [5.41, 5.74) is 9.50. The van der Waals surface area contributed by atoms with Crippen molar-refractivity contribution in [3.8, 4) is 11.1 Å². The van der Waals surface area contributed by atoms with Gasteiger partial charge in [-0.15, -0.1) is 0 Å². The third-order valence-corrected chi connectivity index (χ3v) is 2.80. The van der Waals surface area contributed by atoms with Crippen LogP contribution in [0.2, 0.25) is 0 Å². The SMILES string of the molecule is Nc1c(-c2ccccc2)cc2ccccn12. The molecular formula is C14H12N2. The molecule has 0 unspecified atom stereocenters. The molecule has 0 bridgehead atoms. The highest BCUT2D eigenvalue weighted by Crippen LogP contribution is 2.29. The molecule has 16 heavy (non-hydrogen) atoms. The van der Waals surface area contributed by atoms with Gasteiger partial charge in [-0.2, -0.15) is 0 Å². The molecule has 2 N–H and O–H groups in total. The molecule has 0 aliphatic heterocycles. The number of anilines is 1. The number of nitrogen functional groups attached to an aromatic ring is 1. The van der Waals surface area contributed by atoms with Gasteiger partial charge in [-0.25, -0.2) is 0 Å².